The predicted molar refractivity (Wildman–Crippen MR) is 66.6 cm³/mol. The molecule has 6 heteroatoms. The summed E-state index contributed by atoms with van der Waals surface area (Å²) in [5, 5.41) is 21.8. The van der Waals surface area contributed by atoms with E-state index in [1.807, 2.05) is 19.0 Å². The molecule has 0 spiro atoms. The molecular formula is C12H20N2O4. The Balaban J connectivity index is 2.39. The van der Waals surface area contributed by atoms with Gasteiger partial charge in [-0.1, -0.05) is 0 Å². The van der Waals surface area contributed by atoms with Crippen molar-refractivity contribution in [1.82, 2.24) is 10.2 Å². The molecule has 3 N–H and O–H groups in total. The topological polar surface area (TPSA) is 85.9 Å². The third-order valence-corrected chi connectivity index (χ3v) is 2.33. The molecular weight excluding hydrogens is 236 g/mol. The number of nitrogens with zero attached hydrogens (tertiary/aromatic N) is 1. The highest BCUT2D eigenvalue weighted by molar-refractivity contribution is 5.84. The van der Waals surface area contributed by atoms with Gasteiger partial charge in [0.05, 0.1) is 12.1 Å². The average Bonchev–Trinajstić information content (AvgIpc) is 2.63. The Morgan fingerprint density at radius 2 is 2.17 bits per heavy atom. The van der Waals surface area contributed by atoms with E-state index in [0.29, 0.717) is 25.4 Å². The van der Waals surface area contributed by atoms with Gasteiger partial charge in [-0.05, 0) is 33.2 Å². The summed E-state index contributed by atoms with van der Waals surface area (Å²) in [4.78, 5) is 12.5. The number of aromatic carboxylic acids is 1. The number of hydrogen-bond acceptors (Lipinski definition) is 5. The van der Waals surface area contributed by atoms with Gasteiger partial charge in [0.2, 0.25) is 5.76 Å². The van der Waals surface area contributed by atoms with Crippen molar-refractivity contribution in [3.8, 4) is 0 Å². The van der Waals surface area contributed by atoms with E-state index >= 15 is 0 Å². The Hall–Kier alpha value is -1.37. The first-order valence-electron chi connectivity index (χ1n) is 5.70. The van der Waals surface area contributed by atoms with Crippen LogP contribution in [-0.2, 0) is 6.54 Å². The van der Waals surface area contributed by atoms with E-state index in [1.54, 1.807) is 13.0 Å². The number of hydrogen-bond donors (Lipinski definition) is 3. The number of carbonyl (C=O) groups is 1. The Morgan fingerprint density at radius 3 is 2.67 bits per heavy atom. The summed E-state index contributed by atoms with van der Waals surface area (Å²) in [6, 6.07) is 3.02. The van der Waals surface area contributed by atoms with Crippen molar-refractivity contribution in [2.24, 2.45) is 0 Å². The molecule has 0 aliphatic carbocycles. The summed E-state index contributed by atoms with van der Waals surface area (Å²) >= 11 is 0. The first kappa shape index (κ1) is 14.7. The van der Waals surface area contributed by atoms with Gasteiger partial charge in [0.1, 0.15) is 5.76 Å². The lowest BCUT2D eigenvalue weighted by Gasteiger charge is -2.27. The number of rotatable bonds is 7. The number of likely N-dealkylation sites (N-methyl/N-ethyl adjacent to an activating group) is 1. The van der Waals surface area contributed by atoms with E-state index in [0.717, 1.165) is 0 Å². The maximum Gasteiger partial charge on any atom is 0.371 e. The van der Waals surface area contributed by atoms with Gasteiger partial charge in [-0.25, -0.2) is 4.79 Å². The Kier molecular flexibility index (Phi) is 4.89. The second-order valence-electron chi connectivity index (χ2n) is 4.91. The van der Waals surface area contributed by atoms with Crippen LogP contribution >= 0.6 is 0 Å². The normalized spacial score (nSPS) is 14.7. The van der Waals surface area contributed by atoms with Gasteiger partial charge in [0.25, 0.3) is 0 Å². The number of furan rings is 1. The molecule has 0 radical (unpaired) electrons. The average molecular weight is 256 g/mol. The van der Waals surface area contributed by atoms with E-state index in [-0.39, 0.29) is 5.76 Å². The van der Waals surface area contributed by atoms with Crippen LogP contribution in [0.15, 0.2) is 16.5 Å². The maximum absolute atomic E-state index is 10.6. The summed E-state index contributed by atoms with van der Waals surface area (Å²) in [6.45, 7) is 3.06. The SMILES string of the molecule is CN(C)CC(C)(O)CNCc1ccc(C(=O)O)o1. The molecule has 0 bridgehead atoms. The second kappa shape index (κ2) is 5.99. The van der Waals surface area contributed by atoms with Crippen molar-refractivity contribution in [2.75, 3.05) is 27.2 Å². The molecule has 0 saturated heterocycles. The second-order valence-corrected chi connectivity index (χ2v) is 4.91. The molecule has 1 rings (SSSR count). The molecule has 1 heterocycles. The first-order valence-corrected chi connectivity index (χ1v) is 5.70. The minimum Gasteiger partial charge on any atom is -0.475 e. The van der Waals surface area contributed by atoms with E-state index < -0.39 is 11.6 Å². The van der Waals surface area contributed by atoms with Crippen LogP contribution in [-0.4, -0.2) is 53.9 Å². The van der Waals surface area contributed by atoms with Gasteiger partial charge in [0.15, 0.2) is 0 Å². The molecule has 0 amide bonds. The number of nitrogens with one attached hydrogen (secondary N) is 1. The lowest BCUT2D eigenvalue weighted by atomic mass is 10.1. The summed E-state index contributed by atoms with van der Waals surface area (Å²) < 4.78 is 5.09. The summed E-state index contributed by atoms with van der Waals surface area (Å²) in [7, 11) is 3.78. The van der Waals surface area contributed by atoms with Crippen molar-refractivity contribution >= 4 is 5.97 Å². The molecule has 0 aliphatic heterocycles. The van der Waals surface area contributed by atoms with E-state index in [9.17, 15) is 9.90 Å². The fourth-order valence-corrected chi connectivity index (χ4v) is 1.78. The van der Waals surface area contributed by atoms with Crippen LogP contribution in [0.2, 0.25) is 0 Å². The standard InChI is InChI=1S/C12H20N2O4/c1-12(17,8-14(2)3)7-13-6-9-4-5-10(18-9)11(15)16/h4-5,13,17H,6-8H2,1-3H3,(H,15,16). The van der Waals surface area contributed by atoms with Gasteiger partial charge in [-0.15, -0.1) is 0 Å². The lowest BCUT2D eigenvalue weighted by Crippen LogP contribution is -2.45. The van der Waals surface area contributed by atoms with Crippen LogP contribution < -0.4 is 5.32 Å². The lowest BCUT2D eigenvalue weighted by molar-refractivity contribution is 0.0331. The number of aliphatic hydroxyl groups is 1. The summed E-state index contributed by atoms with van der Waals surface area (Å²) in [5.41, 5.74) is -0.842. The van der Waals surface area contributed by atoms with E-state index in [2.05, 4.69) is 5.32 Å². The molecule has 1 atom stereocenters. The van der Waals surface area contributed by atoms with Crippen LogP contribution in [0.3, 0.4) is 0 Å². The van der Waals surface area contributed by atoms with Crippen molar-refractivity contribution in [3.63, 3.8) is 0 Å². The highest BCUT2D eigenvalue weighted by Gasteiger charge is 2.20. The molecule has 1 aromatic heterocycles. The number of carboxylic acids is 1. The van der Waals surface area contributed by atoms with Gasteiger partial charge in [0, 0.05) is 13.1 Å². The minimum atomic E-state index is -1.08. The monoisotopic (exact) mass is 256 g/mol. The zero-order valence-corrected chi connectivity index (χ0v) is 10.9. The number of carboxylic acid groups (broad SMARTS) is 1. The molecule has 0 fully saturated rings. The molecule has 0 aliphatic rings. The van der Waals surface area contributed by atoms with E-state index in [4.69, 9.17) is 9.52 Å². The molecule has 1 aromatic rings. The molecule has 18 heavy (non-hydrogen) atoms. The fraction of sp³-hybridized carbons (Fsp3) is 0.583. The summed E-state index contributed by atoms with van der Waals surface area (Å²) in [6.07, 6.45) is 0. The highest BCUT2D eigenvalue weighted by atomic mass is 16.4. The van der Waals surface area contributed by atoms with Gasteiger partial charge >= 0.3 is 5.97 Å². The molecule has 0 aromatic carbocycles. The third-order valence-electron chi connectivity index (χ3n) is 2.33. The first-order chi connectivity index (χ1) is 8.30. The molecule has 0 saturated carbocycles. The van der Waals surface area contributed by atoms with Crippen molar-refractivity contribution in [3.05, 3.63) is 23.7 Å². The third kappa shape index (κ3) is 4.87. The minimum absolute atomic E-state index is 0.0770. The van der Waals surface area contributed by atoms with Crippen LogP contribution in [0, 0.1) is 0 Å². The van der Waals surface area contributed by atoms with Gasteiger partial charge in [-0.3, -0.25) is 0 Å². The Morgan fingerprint density at radius 1 is 1.50 bits per heavy atom. The fourth-order valence-electron chi connectivity index (χ4n) is 1.78. The molecule has 1 unspecified atom stereocenters. The van der Waals surface area contributed by atoms with Crippen molar-refractivity contribution < 1.29 is 19.4 Å². The Bertz CT molecular complexity index is 399. The largest absolute Gasteiger partial charge is 0.475 e. The van der Waals surface area contributed by atoms with Crippen LogP contribution in [0.5, 0.6) is 0 Å². The summed E-state index contributed by atoms with van der Waals surface area (Å²) in [5.74, 6) is -0.624. The van der Waals surface area contributed by atoms with Crippen LogP contribution in [0.1, 0.15) is 23.2 Å². The Labute approximate surface area is 106 Å². The quantitative estimate of drug-likeness (QED) is 0.654. The predicted octanol–water partition coefficient (Wildman–Crippen LogP) is 0.380. The van der Waals surface area contributed by atoms with Crippen molar-refractivity contribution in [1.29, 1.82) is 0 Å². The van der Waals surface area contributed by atoms with E-state index in [1.165, 1.54) is 6.07 Å². The smallest absolute Gasteiger partial charge is 0.371 e. The van der Waals surface area contributed by atoms with Crippen LogP contribution in [0.25, 0.3) is 0 Å². The van der Waals surface area contributed by atoms with Gasteiger partial charge < -0.3 is 24.8 Å². The maximum atomic E-state index is 10.6. The van der Waals surface area contributed by atoms with Crippen LogP contribution in [0.4, 0.5) is 0 Å². The zero-order chi connectivity index (χ0) is 13.8. The van der Waals surface area contributed by atoms with Gasteiger partial charge in [-0.2, -0.15) is 0 Å². The van der Waals surface area contributed by atoms with Crippen molar-refractivity contribution in [2.45, 2.75) is 19.1 Å². The zero-order valence-electron chi connectivity index (χ0n) is 10.9. The molecule has 6 nitrogen and oxygen atoms in total. The highest BCUT2D eigenvalue weighted by Crippen LogP contribution is 2.08. The molecule has 102 valence electrons.